The van der Waals surface area contributed by atoms with Gasteiger partial charge in [0.15, 0.2) is 5.57 Å². The van der Waals surface area contributed by atoms with Crippen molar-refractivity contribution >= 4 is 28.4 Å². The second kappa shape index (κ2) is 10.7. The molecule has 0 radical (unpaired) electrons. The van der Waals surface area contributed by atoms with Gasteiger partial charge in [-0.05, 0) is 44.0 Å². The number of aromatic nitrogens is 2. The fraction of sp³-hybridized carbons (Fsp3) is 0.429. The number of hydrogen-bond donors (Lipinski definition) is 1. The molecule has 11 heteroatoms. The summed E-state index contributed by atoms with van der Waals surface area (Å²) < 4.78 is 90.9. The average Bonchev–Trinajstić information content (AvgIpc) is 3.39. The molecular weight excluding hydrogens is 600 g/mol. The zero-order valence-electron chi connectivity index (χ0n) is 26.9. The first-order chi connectivity index (χ1) is 22.9. The Balaban J connectivity index is 1.34. The Morgan fingerprint density at radius 3 is 2.91 bits per heavy atom. The number of benzene rings is 2. The van der Waals surface area contributed by atoms with Crippen LogP contribution in [0.5, 0.6) is 11.8 Å². The molecule has 0 bridgehead atoms. The molecule has 0 spiro atoms. The van der Waals surface area contributed by atoms with Crippen LogP contribution in [0.25, 0.3) is 33.7 Å². The lowest BCUT2D eigenvalue weighted by molar-refractivity contribution is 0.107. The van der Waals surface area contributed by atoms with E-state index in [1.165, 1.54) is 24.3 Å². The van der Waals surface area contributed by atoms with E-state index in [1.54, 1.807) is 16.7 Å². The van der Waals surface area contributed by atoms with Crippen LogP contribution in [-0.2, 0) is 4.74 Å². The van der Waals surface area contributed by atoms with Gasteiger partial charge < -0.3 is 19.5 Å². The fourth-order valence-corrected chi connectivity index (χ4v) is 7.73. The molecular formula is C35H31F4N4O3+. The highest BCUT2D eigenvalue weighted by Gasteiger charge is 2.56. The SMILES string of the molecule is [2H]C([2H])(Oc1nc(N2CCOC[C@H]3[C@H](F)[C@H]32)c2cc(F)c(-c3cc(O)cc4c3C(C#C)=C(F)[C+]=C4)c(C)c2n1)[C@@]12CCCN1C[C@H](F)C2. The molecule has 236 valence electrons. The average molecular weight is 634 g/mol. The standard InChI is InChI=1S/C35H30F4N4O3/c1-3-22-26(37)6-5-19-11-21(44)12-23(29(19)22)28-18(2)31-24(13-27(28)38)33(43-9-10-45-16-25-30(39)32(25)43)41-34(40-31)46-17-35-7-4-8-42(35)15-20(36)14-35/h1,5,11-13,20,25,30,32H,4,7-10,14-17H2,2H3/p+1/t20-,25+,30+,32+,35+/m1/s1/i17D2. The lowest BCUT2D eigenvalue weighted by atomic mass is 9.85. The highest BCUT2D eigenvalue weighted by atomic mass is 19.1. The fourth-order valence-electron chi connectivity index (χ4n) is 7.73. The van der Waals surface area contributed by atoms with Crippen molar-refractivity contribution in [2.24, 2.45) is 5.92 Å². The maximum atomic E-state index is 16.5. The largest absolute Gasteiger partial charge is 0.507 e. The number of aromatic hydroxyl groups is 1. The van der Waals surface area contributed by atoms with Crippen LogP contribution in [-0.4, -0.2) is 83.3 Å². The van der Waals surface area contributed by atoms with Crippen LogP contribution in [0.1, 0.15) is 38.7 Å². The minimum atomic E-state index is -2.42. The first-order valence-electron chi connectivity index (χ1n) is 16.4. The molecule has 1 aromatic heterocycles. The first kappa shape index (κ1) is 26.9. The summed E-state index contributed by atoms with van der Waals surface area (Å²) in [5, 5.41) is 10.8. The van der Waals surface area contributed by atoms with Crippen molar-refractivity contribution in [3.63, 3.8) is 0 Å². The predicted octanol–water partition coefficient (Wildman–Crippen LogP) is 5.72. The van der Waals surface area contributed by atoms with E-state index in [9.17, 15) is 13.9 Å². The summed E-state index contributed by atoms with van der Waals surface area (Å²) in [5.74, 6) is 0.243. The monoisotopic (exact) mass is 633 g/mol. The number of nitrogens with zero attached hydrogens (tertiary/aromatic N) is 4. The third-order valence-corrected chi connectivity index (χ3v) is 9.92. The molecule has 7 nitrogen and oxygen atoms in total. The Morgan fingerprint density at radius 1 is 1.24 bits per heavy atom. The summed E-state index contributed by atoms with van der Waals surface area (Å²) in [6, 6.07) is 2.87. The van der Waals surface area contributed by atoms with Crippen molar-refractivity contribution in [1.82, 2.24) is 14.9 Å². The number of halogens is 4. The molecule has 0 unspecified atom stereocenters. The normalized spacial score (nSPS) is 29.3. The number of rotatable bonds is 5. The summed E-state index contributed by atoms with van der Waals surface area (Å²) in [5.41, 5.74) is -0.404. The van der Waals surface area contributed by atoms with E-state index in [1.807, 2.05) is 0 Å². The minimum Gasteiger partial charge on any atom is -0.507 e. The van der Waals surface area contributed by atoms with Crippen molar-refractivity contribution in [2.75, 3.05) is 44.3 Å². The Hall–Kier alpha value is -4.23. The lowest BCUT2D eigenvalue weighted by Crippen LogP contribution is -2.43. The second-order valence-electron chi connectivity index (χ2n) is 12.6. The van der Waals surface area contributed by atoms with E-state index in [4.69, 9.17) is 18.6 Å². The zero-order valence-corrected chi connectivity index (χ0v) is 24.9. The molecule has 5 aliphatic rings. The summed E-state index contributed by atoms with van der Waals surface area (Å²) >= 11 is 0. The summed E-state index contributed by atoms with van der Waals surface area (Å²) in [6.45, 7) is 0.479. The number of phenols is 1. The van der Waals surface area contributed by atoms with Crippen LogP contribution in [0, 0.1) is 37.1 Å². The van der Waals surface area contributed by atoms with Gasteiger partial charge in [-0.1, -0.05) is 6.42 Å². The molecule has 3 aromatic rings. The molecule has 4 fully saturated rings. The van der Waals surface area contributed by atoms with Crippen LogP contribution >= 0.6 is 0 Å². The number of aryl methyl sites for hydroxylation is 1. The Morgan fingerprint density at radius 2 is 2.09 bits per heavy atom. The van der Waals surface area contributed by atoms with Crippen molar-refractivity contribution in [2.45, 2.75) is 50.1 Å². The second-order valence-corrected chi connectivity index (χ2v) is 12.6. The summed E-state index contributed by atoms with van der Waals surface area (Å²) in [4.78, 5) is 12.6. The maximum absolute atomic E-state index is 16.5. The third-order valence-electron chi connectivity index (χ3n) is 9.92. The number of phenolic OH excluding ortho intramolecular Hbond substituents is 1. The number of allylic oxidation sites excluding steroid dienone is 3. The van der Waals surface area contributed by atoms with Gasteiger partial charge in [-0.3, -0.25) is 4.90 Å². The van der Waals surface area contributed by atoms with E-state index >= 15 is 8.78 Å². The highest BCUT2D eigenvalue weighted by molar-refractivity contribution is 6.01. The molecule has 3 aliphatic heterocycles. The Bertz CT molecular complexity index is 1980. The number of fused-ring (bicyclic) bond motifs is 4. The molecule has 3 saturated heterocycles. The van der Waals surface area contributed by atoms with Gasteiger partial charge in [0.05, 0.1) is 44.7 Å². The molecule has 1 N–H and O–H groups in total. The van der Waals surface area contributed by atoms with Crippen molar-refractivity contribution in [1.29, 1.82) is 0 Å². The van der Waals surface area contributed by atoms with Gasteiger partial charge in [0.25, 0.3) is 0 Å². The van der Waals surface area contributed by atoms with Gasteiger partial charge in [-0.15, -0.1) is 0 Å². The topological polar surface area (TPSA) is 71.0 Å². The third kappa shape index (κ3) is 4.46. The molecule has 4 heterocycles. The van der Waals surface area contributed by atoms with Gasteiger partial charge >= 0.3 is 11.8 Å². The van der Waals surface area contributed by atoms with Gasteiger partial charge in [0, 0.05) is 53.9 Å². The zero-order chi connectivity index (χ0) is 33.7. The molecule has 2 aliphatic carbocycles. The van der Waals surface area contributed by atoms with Gasteiger partial charge in [-0.25, -0.2) is 13.2 Å². The Kier molecular flexibility index (Phi) is 6.24. The van der Waals surface area contributed by atoms with E-state index in [0.717, 1.165) is 0 Å². The predicted molar refractivity (Wildman–Crippen MR) is 165 cm³/mol. The Labute approximate surface area is 266 Å². The van der Waals surface area contributed by atoms with E-state index in [-0.39, 0.29) is 89.0 Å². The van der Waals surface area contributed by atoms with Crippen molar-refractivity contribution in [3.8, 4) is 35.2 Å². The summed E-state index contributed by atoms with van der Waals surface area (Å²) in [7, 11) is 0. The van der Waals surface area contributed by atoms with Crippen LogP contribution in [0.2, 0.25) is 0 Å². The smallest absolute Gasteiger partial charge is 0.319 e. The molecule has 8 rings (SSSR count). The quantitative estimate of drug-likeness (QED) is 0.219. The summed E-state index contributed by atoms with van der Waals surface area (Å²) in [6.07, 6.45) is 7.98. The van der Waals surface area contributed by atoms with Gasteiger partial charge in [0.1, 0.15) is 47.9 Å². The van der Waals surface area contributed by atoms with Crippen molar-refractivity contribution < 1.29 is 34.9 Å². The number of hydrogen-bond acceptors (Lipinski definition) is 7. The minimum absolute atomic E-state index is 0.0346. The molecule has 2 aromatic carbocycles. The lowest BCUT2D eigenvalue weighted by Gasteiger charge is -2.31. The molecule has 0 amide bonds. The number of terminal acetylenes is 1. The highest BCUT2D eigenvalue weighted by Crippen LogP contribution is 2.47. The number of anilines is 1. The van der Waals surface area contributed by atoms with Crippen LogP contribution in [0.15, 0.2) is 24.0 Å². The van der Waals surface area contributed by atoms with E-state index in [0.29, 0.717) is 24.9 Å². The van der Waals surface area contributed by atoms with E-state index < -0.39 is 48.0 Å². The molecule has 46 heavy (non-hydrogen) atoms. The van der Waals surface area contributed by atoms with Crippen LogP contribution < -0.4 is 9.64 Å². The van der Waals surface area contributed by atoms with E-state index in [2.05, 4.69) is 22.0 Å². The van der Waals surface area contributed by atoms with Crippen molar-refractivity contribution in [3.05, 3.63) is 52.6 Å². The number of alkyl halides is 2. The van der Waals surface area contributed by atoms with Gasteiger partial charge in [-0.2, -0.15) is 14.4 Å². The molecule has 5 atom stereocenters. The first-order valence-corrected chi connectivity index (χ1v) is 15.4. The van der Waals surface area contributed by atoms with Crippen LogP contribution in [0.4, 0.5) is 23.4 Å². The van der Waals surface area contributed by atoms with Gasteiger partial charge in [0.2, 0.25) is 0 Å². The number of ether oxygens (including phenoxy) is 2. The maximum Gasteiger partial charge on any atom is 0.319 e. The van der Waals surface area contributed by atoms with Crippen LogP contribution in [0.3, 0.4) is 0 Å². The molecule has 1 saturated carbocycles.